The molecule has 0 aliphatic heterocycles. The highest BCUT2D eigenvalue weighted by Crippen LogP contribution is 1.98. The van der Waals surface area contributed by atoms with Crippen LogP contribution >= 0.6 is 0 Å². The summed E-state index contributed by atoms with van der Waals surface area (Å²) in [6.45, 7) is 5.39. The first kappa shape index (κ1) is 13.1. The van der Waals surface area contributed by atoms with E-state index in [-0.39, 0.29) is 0 Å². The first-order valence-electron chi connectivity index (χ1n) is 4.90. The normalized spacial score (nSPS) is 12.0. The molecule has 0 fully saturated rings. The van der Waals surface area contributed by atoms with Crippen LogP contribution in [0.4, 0.5) is 0 Å². The fourth-order valence-corrected chi connectivity index (χ4v) is 1.89. The number of ether oxygens (including phenoxy) is 2. The summed E-state index contributed by atoms with van der Waals surface area (Å²) < 4.78 is 15.9. The van der Waals surface area contributed by atoms with Crippen LogP contribution in [-0.2, 0) is 13.9 Å². The molecule has 80 valence electrons. The molecule has 0 saturated heterocycles. The van der Waals surface area contributed by atoms with Crippen molar-refractivity contribution in [2.45, 2.75) is 32.8 Å². The van der Waals surface area contributed by atoms with Crippen molar-refractivity contribution >= 4 is 9.76 Å². The summed E-state index contributed by atoms with van der Waals surface area (Å²) in [7, 11) is -0.518. The zero-order valence-electron chi connectivity index (χ0n) is 8.62. The molecule has 0 aromatic carbocycles. The maximum Gasteiger partial charge on any atom is 0.261 e. The summed E-state index contributed by atoms with van der Waals surface area (Å²) in [6, 6.07) is 1.09. The van der Waals surface area contributed by atoms with Gasteiger partial charge in [0.15, 0.2) is 9.76 Å². The van der Waals surface area contributed by atoms with Crippen LogP contribution in [0.3, 0.4) is 0 Å². The Labute approximate surface area is 82.7 Å². The van der Waals surface area contributed by atoms with Crippen molar-refractivity contribution in [2.24, 2.45) is 5.73 Å². The van der Waals surface area contributed by atoms with E-state index >= 15 is 0 Å². The van der Waals surface area contributed by atoms with E-state index in [0.29, 0.717) is 13.2 Å². The molecule has 0 aliphatic rings. The number of nitrogens with two attached hydrogens (primary N) is 1. The molecule has 0 aliphatic carbocycles. The lowest BCUT2D eigenvalue weighted by Gasteiger charge is -2.17. The largest absolute Gasteiger partial charge is 0.379 e. The highest BCUT2D eigenvalue weighted by Gasteiger charge is 2.06. The van der Waals surface area contributed by atoms with Crippen molar-refractivity contribution in [3.63, 3.8) is 0 Å². The highest BCUT2D eigenvalue weighted by atomic mass is 28.2. The Morgan fingerprint density at radius 2 is 1.85 bits per heavy atom. The number of hydrogen-bond donors (Lipinski definition) is 1. The molecule has 0 saturated carbocycles. The van der Waals surface area contributed by atoms with E-state index in [2.05, 4.69) is 0 Å². The fourth-order valence-electron chi connectivity index (χ4n) is 0.842. The second kappa shape index (κ2) is 10.1. The van der Waals surface area contributed by atoms with Gasteiger partial charge >= 0.3 is 0 Å². The van der Waals surface area contributed by atoms with Crippen molar-refractivity contribution < 1.29 is 13.9 Å². The van der Waals surface area contributed by atoms with E-state index in [9.17, 15) is 0 Å². The third-order valence-corrected chi connectivity index (χ3v) is 2.75. The lowest BCUT2D eigenvalue weighted by Crippen LogP contribution is -2.23. The SMILES string of the molecule is CCOC(OCC)O[SiH2]CCCN. The molecule has 2 N–H and O–H groups in total. The molecule has 0 aromatic heterocycles. The topological polar surface area (TPSA) is 53.7 Å². The predicted octanol–water partition coefficient (Wildman–Crippen LogP) is 0.211. The third-order valence-electron chi connectivity index (χ3n) is 1.46. The molecule has 0 bridgehead atoms. The maximum absolute atomic E-state index is 5.46. The number of hydrogen-bond acceptors (Lipinski definition) is 4. The molecule has 0 rings (SSSR count). The van der Waals surface area contributed by atoms with Crippen molar-refractivity contribution in [3.8, 4) is 0 Å². The van der Waals surface area contributed by atoms with Gasteiger partial charge in [-0.25, -0.2) is 0 Å². The van der Waals surface area contributed by atoms with Crippen LogP contribution in [-0.4, -0.2) is 36.0 Å². The molecule has 0 spiro atoms. The maximum atomic E-state index is 5.46. The number of rotatable bonds is 9. The minimum atomic E-state index is -0.518. The van der Waals surface area contributed by atoms with Crippen LogP contribution in [0.5, 0.6) is 0 Å². The second-order valence-corrected chi connectivity index (χ2v) is 4.01. The summed E-state index contributed by atoms with van der Waals surface area (Å²) in [5.41, 5.74) is 5.37. The lowest BCUT2D eigenvalue weighted by molar-refractivity contribution is -0.243. The van der Waals surface area contributed by atoms with Crippen molar-refractivity contribution in [1.82, 2.24) is 0 Å². The summed E-state index contributed by atoms with van der Waals surface area (Å²) in [5, 5.41) is 0. The average molecular weight is 207 g/mol. The zero-order chi connectivity index (χ0) is 9.94. The summed E-state index contributed by atoms with van der Waals surface area (Å²) in [4.78, 5) is 0. The molecular formula is C8H21NO3Si. The van der Waals surface area contributed by atoms with Gasteiger partial charge in [0.1, 0.15) is 0 Å². The van der Waals surface area contributed by atoms with E-state index in [1.807, 2.05) is 13.8 Å². The standard InChI is InChI=1S/C8H21NO3Si/c1-3-10-8(11-4-2)12-13-7-5-6-9/h8H,3-7,9,13H2,1-2H3. The van der Waals surface area contributed by atoms with Gasteiger partial charge in [0.05, 0.1) is 0 Å². The van der Waals surface area contributed by atoms with Gasteiger partial charge in [0.2, 0.25) is 0 Å². The van der Waals surface area contributed by atoms with E-state index in [4.69, 9.17) is 19.6 Å². The molecule has 0 unspecified atom stereocenters. The van der Waals surface area contributed by atoms with Gasteiger partial charge in [-0.2, -0.15) is 0 Å². The van der Waals surface area contributed by atoms with Crippen LogP contribution < -0.4 is 5.73 Å². The first-order chi connectivity index (χ1) is 6.35. The van der Waals surface area contributed by atoms with Gasteiger partial charge < -0.3 is 19.6 Å². The van der Waals surface area contributed by atoms with Gasteiger partial charge in [-0.1, -0.05) is 0 Å². The summed E-state index contributed by atoms with van der Waals surface area (Å²) in [6.07, 6.45) is 1.04. The average Bonchev–Trinajstić information content (AvgIpc) is 2.13. The summed E-state index contributed by atoms with van der Waals surface area (Å²) >= 11 is 0. The zero-order valence-corrected chi connectivity index (χ0v) is 10.0. The lowest BCUT2D eigenvalue weighted by atomic mass is 10.5. The van der Waals surface area contributed by atoms with Crippen LogP contribution in [0.1, 0.15) is 20.3 Å². The van der Waals surface area contributed by atoms with Crippen molar-refractivity contribution in [1.29, 1.82) is 0 Å². The van der Waals surface area contributed by atoms with Gasteiger partial charge in [0, 0.05) is 13.2 Å². The van der Waals surface area contributed by atoms with E-state index in [1.165, 1.54) is 0 Å². The van der Waals surface area contributed by atoms with Crippen LogP contribution in [0, 0.1) is 0 Å². The minimum Gasteiger partial charge on any atom is -0.379 e. The Kier molecular flexibility index (Phi) is 10.2. The Hall–Kier alpha value is 0.0569. The van der Waals surface area contributed by atoms with Crippen LogP contribution in [0.2, 0.25) is 6.04 Å². The van der Waals surface area contributed by atoms with Crippen molar-refractivity contribution in [2.75, 3.05) is 19.8 Å². The first-order valence-corrected chi connectivity index (χ1v) is 6.47. The van der Waals surface area contributed by atoms with Gasteiger partial charge in [0.25, 0.3) is 6.48 Å². The van der Waals surface area contributed by atoms with Crippen molar-refractivity contribution in [3.05, 3.63) is 0 Å². The predicted molar refractivity (Wildman–Crippen MR) is 55.1 cm³/mol. The highest BCUT2D eigenvalue weighted by molar-refractivity contribution is 6.27. The second-order valence-electron chi connectivity index (χ2n) is 2.57. The Morgan fingerprint density at radius 1 is 1.23 bits per heavy atom. The molecular weight excluding hydrogens is 186 g/mol. The monoisotopic (exact) mass is 207 g/mol. The molecule has 0 aromatic rings. The Bertz CT molecular complexity index is 99.4. The molecule has 0 radical (unpaired) electrons. The molecule has 13 heavy (non-hydrogen) atoms. The quantitative estimate of drug-likeness (QED) is 0.334. The van der Waals surface area contributed by atoms with Gasteiger partial charge in [-0.05, 0) is 32.9 Å². The molecule has 5 heteroatoms. The minimum absolute atomic E-state index is 0.445. The molecule has 0 atom stereocenters. The van der Waals surface area contributed by atoms with Crippen LogP contribution in [0.15, 0.2) is 0 Å². The molecule has 0 amide bonds. The van der Waals surface area contributed by atoms with E-state index < -0.39 is 16.2 Å². The smallest absolute Gasteiger partial charge is 0.261 e. The fraction of sp³-hybridized carbons (Fsp3) is 1.00. The van der Waals surface area contributed by atoms with Crippen LogP contribution in [0.25, 0.3) is 0 Å². The Morgan fingerprint density at radius 3 is 2.31 bits per heavy atom. The van der Waals surface area contributed by atoms with E-state index in [0.717, 1.165) is 19.0 Å². The van der Waals surface area contributed by atoms with Gasteiger partial charge in [-0.3, -0.25) is 0 Å². The van der Waals surface area contributed by atoms with Gasteiger partial charge in [-0.15, -0.1) is 0 Å². The summed E-state index contributed by atoms with van der Waals surface area (Å²) in [5.74, 6) is 0. The third kappa shape index (κ3) is 8.39. The Balaban J connectivity index is 3.33. The van der Waals surface area contributed by atoms with E-state index in [1.54, 1.807) is 0 Å². The molecule has 4 nitrogen and oxygen atoms in total. The molecule has 0 heterocycles.